The smallest absolute Gasteiger partial charge is 0.234 e. The molecule has 0 aliphatic rings. The number of aromatic nitrogens is 2. The van der Waals surface area contributed by atoms with E-state index in [0.29, 0.717) is 12.5 Å². The maximum atomic E-state index is 5.61. The molecular weight excluding hydrogens is 228 g/mol. The van der Waals surface area contributed by atoms with Gasteiger partial charge >= 0.3 is 0 Å². The second kappa shape index (κ2) is 8.69. The molecule has 0 aliphatic heterocycles. The molecule has 0 amide bonds. The van der Waals surface area contributed by atoms with E-state index in [4.69, 9.17) is 4.74 Å². The topological polar surface area (TPSA) is 50.3 Å². The number of nitrogens with zero attached hydrogens (tertiary/aromatic N) is 3. The van der Waals surface area contributed by atoms with Gasteiger partial charge in [0, 0.05) is 13.1 Å². The molecule has 1 heterocycles. The second-order valence-corrected chi connectivity index (χ2v) is 4.04. The van der Waals surface area contributed by atoms with Crippen LogP contribution in [0.1, 0.15) is 27.2 Å². The Morgan fingerprint density at radius 2 is 2.00 bits per heavy atom. The summed E-state index contributed by atoms with van der Waals surface area (Å²) in [6, 6.07) is 0. The summed E-state index contributed by atoms with van der Waals surface area (Å²) in [6.07, 6.45) is 4.43. The van der Waals surface area contributed by atoms with Crippen LogP contribution in [0.3, 0.4) is 0 Å². The van der Waals surface area contributed by atoms with Gasteiger partial charge < -0.3 is 15.0 Å². The summed E-state index contributed by atoms with van der Waals surface area (Å²) in [5.74, 6) is 1.36. The van der Waals surface area contributed by atoms with E-state index < -0.39 is 0 Å². The Labute approximate surface area is 110 Å². The summed E-state index contributed by atoms with van der Waals surface area (Å²) in [7, 11) is 0. The van der Waals surface area contributed by atoms with Crippen LogP contribution in [0, 0.1) is 0 Å². The van der Waals surface area contributed by atoms with Crippen LogP contribution in [0.5, 0.6) is 5.88 Å². The first kappa shape index (κ1) is 14.7. The fourth-order valence-corrected chi connectivity index (χ4v) is 1.58. The summed E-state index contributed by atoms with van der Waals surface area (Å²) in [4.78, 5) is 10.8. The molecular formula is C13H24N4O. The highest BCUT2D eigenvalue weighted by molar-refractivity contribution is 5.32. The van der Waals surface area contributed by atoms with E-state index in [1.807, 2.05) is 0 Å². The van der Waals surface area contributed by atoms with Crippen molar-refractivity contribution < 1.29 is 4.74 Å². The molecule has 18 heavy (non-hydrogen) atoms. The third kappa shape index (κ3) is 5.31. The van der Waals surface area contributed by atoms with Crippen molar-refractivity contribution in [2.24, 2.45) is 0 Å². The van der Waals surface area contributed by atoms with Crippen molar-refractivity contribution in [3.8, 4) is 5.88 Å². The molecule has 102 valence electrons. The summed E-state index contributed by atoms with van der Waals surface area (Å²) in [5, 5.41) is 3.19. The van der Waals surface area contributed by atoms with Crippen LogP contribution in [0.15, 0.2) is 12.4 Å². The molecule has 0 fully saturated rings. The van der Waals surface area contributed by atoms with E-state index in [1.165, 1.54) is 0 Å². The van der Waals surface area contributed by atoms with Gasteiger partial charge in [-0.3, -0.25) is 4.98 Å². The van der Waals surface area contributed by atoms with Crippen molar-refractivity contribution in [2.75, 3.05) is 38.1 Å². The molecule has 0 aliphatic carbocycles. The molecule has 0 aromatic carbocycles. The highest BCUT2D eigenvalue weighted by Crippen LogP contribution is 2.08. The number of likely N-dealkylation sites (N-methyl/N-ethyl adjacent to an activating group) is 1. The van der Waals surface area contributed by atoms with Crippen molar-refractivity contribution in [1.29, 1.82) is 0 Å². The molecule has 0 unspecified atom stereocenters. The fraction of sp³-hybridized carbons (Fsp3) is 0.692. The molecule has 0 saturated carbocycles. The predicted octanol–water partition coefficient (Wildman–Crippen LogP) is 2.02. The van der Waals surface area contributed by atoms with Gasteiger partial charge in [-0.1, -0.05) is 20.8 Å². The standard InChI is InChI=1S/C13H24N4O/c1-4-7-15-12-10-14-11-13(16-12)18-9-8-17(5-2)6-3/h10-11H,4-9H2,1-3H3,(H,15,16). The van der Waals surface area contributed by atoms with E-state index in [0.717, 1.165) is 38.4 Å². The maximum absolute atomic E-state index is 5.61. The third-order valence-electron chi connectivity index (χ3n) is 2.72. The lowest BCUT2D eigenvalue weighted by molar-refractivity contribution is 0.217. The zero-order chi connectivity index (χ0) is 13.2. The fourth-order valence-electron chi connectivity index (χ4n) is 1.58. The Morgan fingerprint density at radius 3 is 2.67 bits per heavy atom. The molecule has 0 saturated heterocycles. The van der Waals surface area contributed by atoms with Crippen LogP contribution in [0.2, 0.25) is 0 Å². The Hall–Kier alpha value is -1.36. The first-order valence-corrected chi connectivity index (χ1v) is 6.71. The molecule has 5 nitrogen and oxygen atoms in total. The van der Waals surface area contributed by atoms with E-state index in [1.54, 1.807) is 12.4 Å². The normalized spacial score (nSPS) is 10.7. The Morgan fingerprint density at radius 1 is 1.22 bits per heavy atom. The summed E-state index contributed by atoms with van der Waals surface area (Å²) >= 11 is 0. The summed E-state index contributed by atoms with van der Waals surface area (Å²) < 4.78 is 5.61. The molecule has 0 atom stereocenters. The van der Waals surface area contributed by atoms with Gasteiger partial charge in [-0.25, -0.2) is 0 Å². The number of nitrogens with one attached hydrogen (secondary N) is 1. The van der Waals surface area contributed by atoms with Crippen LogP contribution in [-0.4, -0.2) is 47.7 Å². The first-order valence-electron chi connectivity index (χ1n) is 6.71. The maximum Gasteiger partial charge on any atom is 0.234 e. The van der Waals surface area contributed by atoms with Crippen molar-refractivity contribution in [1.82, 2.24) is 14.9 Å². The Kier molecular flexibility index (Phi) is 7.10. The molecule has 0 radical (unpaired) electrons. The minimum absolute atomic E-state index is 0.586. The zero-order valence-corrected chi connectivity index (χ0v) is 11.6. The minimum Gasteiger partial charge on any atom is -0.475 e. The minimum atomic E-state index is 0.586. The SMILES string of the molecule is CCCNc1cncc(OCCN(CC)CC)n1. The lowest BCUT2D eigenvalue weighted by atomic mass is 10.5. The van der Waals surface area contributed by atoms with Gasteiger partial charge in [0.15, 0.2) is 0 Å². The zero-order valence-electron chi connectivity index (χ0n) is 11.6. The van der Waals surface area contributed by atoms with Gasteiger partial charge in [-0.15, -0.1) is 0 Å². The number of anilines is 1. The van der Waals surface area contributed by atoms with Crippen molar-refractivity contribution in [3.63, 3.8) is 0 Å². The summed E-state index contributed by atoms with van der Waals surface area (Å²) in [5.41, 5.74) is 0. The largest absolute Gasteiger partial charge is 0.475 e. The van der Waals surface area contributed by atoms with E-state index >= 15 is 0 Å². The number of hydrogen-bond donors (Lipinski definition) is 1. The van der Waals surface area contributed by atoms with Crippen LogP contribution in [0.25, 0.3) is 0 Å². The van der Waals surface area contributed by atoms with Crippen LogP contribution in [-0.2, 0) is 0 Å². The highest BCUT2D eigenvalue weighted by atomic mass is 16.5. The molecule has 5 heteroatoms. The Bertz CT molecular complexity index is 329. The lowest BCUT2D eigenvalue weighted by Crippen LogP contribution is -2.28. The first-order chi connectivity index (χ1) is 8.80. The average Bonchev–Trinajstić information content (AvgIpc) is 2.42. The van der Waals surface area contributed by atoms with E-state index in [2.05, 4.69) is 41.0 Å². The number of rotatable bonds is 9. The van der Waals surface area contributed by atoms with Gasteiger partial charge in [0.05, 0.1) is 12.4 Å². The Balaban J connectivity index is 2.37. The van der Waals surface area contributed by atoms with Crippen LogP contribution in [0.4, 0.5) is 5.82 Å². The van der Waals surface area contributed by atoms with Gasteiger partial charge in [0.1, 0.15) is 12.4 Å². The molecule has 0 bridgehead atoms. The lowest BCUT2D eigenvalue weighted by Gasteiger charge is -2.17. The van der Waals surface area contributed by atoms with E-state index in [-0.39, 0.29) is 0 Å². The van der Waals surface area contributed by atoms with Crippen LogP contribution < -0.4 is 10.1 Å². The monoisotopic (exact) mass is 252 g/mol. The third-order valence-corrected chi connectivity index (χ3v) is 2.72. The number of ether oxygens (including phenoxy) is 1. The van der Waals surface area contributed by atoms with Gasteiger partial charge in [0.2, 0.25) is 5.88 Å². The van der Waals surface area contributed by atoms with Crippen molar-refractivity contribution in [2.45, 2.75) is 27.2 Å². The van der Waals surface area contributed by atoms with Crippen molar-refractivity contribution in [3.05, 3.63) is 12.4 Å². The van der Waals surface area contributed by atoms with Gasteiger partial charge in [0.25, 0.3) is 0 Å². The van der Waals surface area contributed by atoms with E-state index in [9.17, 15) is 0 Å². The predicted molar refractivity (Wildman–Crippen MR) is 74.1 cm³/mol. The van der Waals surface area contributed by atoms with Crippen LogP contribution >= 0.6 is 0 Å². The highest BCUT2D eigenvalue weighted by Gasteiger charge is 2.02. The number of hydrogen-bond acceptors (Lipinski definition) is 5. The molecule has 1 aromatic heterocycles. The van der Waals surface area contributed by atoms with Gasteiger partial charge in [-0.05, 0) is 19.5 Å². The molecule has 1 aromatic rings. The quantitative estimate of drug-likeness (QED) is 0.728. The molecule has 0 spiro atoms. The molecule has 1 N–H and O–H groups in total. The van der Waals surface area contributed by atoms with Crippen molar-refractivity contribution >= 4 is 5.82 Å². The average molecular weight is 252 g/mol. The molecule has 1 rings (SSSR count). The second-order valence-electron chi connectivity index (χ2n) is 4.04. The van der Waals surface area contributed by atoms with Gasteiger partial charge in [-0.2, -0.15) is 4.98 Å². The summed E-state index contributed by atoms with van der Waals surface area (Å²) in [6.45, 7) is 11.0.